The van der Waals surface area contributed by atoms with Crippen molar-refractivity contribution in [2.24, 2.45) is 0 Å². The molecule has 7 nitrogen and oxygen atoms in total. The van der Waals surface area contributed by atoms with Gasteiger partial charge in [-0.15, -0.1) is 0 Å². The van der Waals surface area contributed by atoms with E-state index in [9.17, 15) is 5.26 Å². The lowest BCUT2D eigenvalue weighted by Gasteiger charge is -2.14. The van der Waals surface area contributed by atoms with E-state index in [2.05, 4.69) is 16.0 Å². The monoisotopic (exact) mass is 423 g/mol. The summed E-state index contributed by atoms with van der Waals surface area (Å²) < 4.78 is 12.0. The van der Waals surface area contributed by atoms with Gasteiger partial charge in [-0.1, -0.05) is 60.7 Å². The first-order chi connectivity index (χ1) is 15.6. The number of benzene rings is 3. The van der Waals surface area contributed by atoms with Crippen molar-refractivity contribution < 1.29 is 9.47 Å². The third-order valence-corrected chi connectivity index (χ3v) is 4.72. The maximum absolute atomic E-state index is 9.58. The lowest BCUT2D eigenvalue weighted by atomic mass is 10.1. The molecule has 0 fully saturated rings. The highest BCUT2D eigenvalue weighted by molar-refractivity contribution is 5.75. The van der Waals surface area contributed by atoms with Gasteiger partial charge in [0.1, 0.15) is 42.2 Å². The summed E-state index contributed by atoms with van der Waals surface area (Å²) in [5.74, 6) is 1.14. The molecule has 0 amide bonds. The number of hydrogen-bond acceptors (Lipinski definition) is 7. The second-order valence-corrected chi connectivity index (χ2v) is 7.04. The predicted octanol–water partition coefficient (Wildman–Crippen LogP) is 4.34. The van der Waals surface area contributed by atoms with E-state index in [1.165, 1.54) is 0 Å². The number of nitrogens with two attached hydrogens (primary N) is 2. The molecule has 0 atom stereocenters. The summed E-state index contributed by atoms with van der Waals surface area (Å²) in [5, 5.41) is 9.58. The molecule has 158 valence electrons. The number of aromatic nitrogens is 2. The van der Waals surface area contributed by atoms with Crippen molar-refractivity contribution in [3.63, 3.8) is 0 Å². The van der Waals surface area contributed by atoms with Crippen LogP contribution in [-0.4, -0.2) is 9.97 Å². The number of nitriles is 1. The summed E-state index contributed by atoms with van der Waals surface area (Å²) in [6, 6.07) is 27.1. The standard InChI is InChI=1S/C25H21N5O2/c26-14-22-23(29-25(28)30-24(22)27)19-11-20(31-15-17-7-3-1-4-8-17)13-21(12-19)32-16-18-9-5-2-6-10-18/h1-13H,15-16H2,(H4,27,28,29,30). The second-order valence-electron chi connectivity index (χ2n) is 7.04. The summed E-state index contributed by atoms with van der Waals surface area (Å²) in [4.78, 5) is 8.13. The fraction of sp³-hybridized carbons (Fsp3) is 0.0800. The molecule has 32 heavy (non-hydrogen) atoms. The maximum Gasteiger partial charge on any atom is 0.222 e. The Balaban J connectivity index is 1.69. The van der Waals surface area contributed by atoms with E-state index < -0.39 is 0 Å². The molecule has 4 N–H and O–H groups in total. The summed E-state index contributed by atoms with van der Waals surface area (Å²) in [5.41, 5.74) is 14.8. The molecule has 7 heteroatoms. The topological polar surface area (TPSA) is 120 Å². The third kappa shape index (κ3) is 4.94. The van der Waals surface area contributed by atoms with Gasteiger partial charge in [-0.25, -0.2) is 4.98 Å². The fourth-order valence-corrected chi connectivity index (χ4v) is 3.17. The van der Waals surface area contributed by atoms with Crippen molar-refractivity contribution in [1.29, 1.82) is 5.26 Å². The molecule has 4 rings (SSSR count). The van der Waals surface area contributed by atoms with Gasteiger partial charge in [-0.2, -0.15) is 10.2 Å². The molecular weight excluding hydrogens is 402 g/mol. The van der Waals surface area contributed by atoms with Gasteiger partial charge in [0.25, 0.3) is 0 Å². The largest absolute Gasteiger partial charge is 0.489 e. The van der Waals surface area contributed by atoms with Crippen molar-refractivity contribution in [3.8, 4) is 28.8 Å². The Kier molecular flexibility index (Phi) is 6.14. The molecule has 1 heterocycles. The molecule has 0 saturated carbocycles. The van der Waals surface area contributed by atoms with Crippen LogP contribution in [0.2, 0.25) is 0 Å². The number of anilines is 2. The summed E-state index contributed by atoms with van der Waals surface area (Å²) in [6.45, 7) is 0.753. The molecule has 0 saturated heterocycles. The predicted molar refractivity (Wildman–Crippen MR) is 123 cm³/mol. The summed E-state index contributed by atoms with van der Waals surface area (Å²) in [7, 11) is 0. The van der Waals surface area contributed by atoms with Gasteiger partial charge in [0.2, 0.25) is 5.95 Å². The molecule has 0 aliphatic heterocycles. The highest BCUT2D eigenvalue weighted by atomic mass is 16.5. The minimum absolute atomic E-state index is 0.0149. The molecule has 0 bridgehead atoms. The maximum atomic E-state index is 9.58. The Morgan fingerprint density at radius 2 is 1.28 bits per heavy atom. The Labute approximate surface area is 185 Å². The van der Waals surface area contributed by atoms with E-state index in [0.29, 0.717) is 36.0 Å². The first kappa shape index (κ1) is 20.7. The summed E-state index contributed by atoms with van der Waals surface area (Å²) in [6.07, 6.45) is 0. The Hall–Kier alpha value is -4.57. The number of nitrogen functional groups attached to an aromatic ring is 2. The number of nitrogens with zero attached hydrogens (tertiary/aromatic N) is 3. The Bertz CT molecular complexity index is 1190. The van der Waals surface area contributed by atoms with E-state index in [1.54, 1.807) is 18.2 Å². The van der Waals surface area contributed by atoms with Gasteiger partial charge in [0.05, 0.1) is 5.69 Å². The fourth-order valence-electron chi connectivity index (χ4n) is 3.17. The molecule has 0 unspecified atom stereocenters. The van der Waals surface area contributed by atoms with Crippen LogP contribution in [-0.2, 0) is 13.2 Å². The van der Waals surface area contributed by atoms with E-state index in [1.807, 2.05) is 60.7 Å². The highest BCUT2D eigenvalue weighted by Gasteiger charge is 2.16. The molecule has 0 spiro atoms. The van der Waals surface area contributed by atoms with Crippen LogP contribution in [0.5, 0.6) is 11.5 Å². The second kappa shape index (κ2) is 9.49. The van der Waals surface area contributed by atoms with Crippen LogP contribution in [0.25, 0.3) is 11.3 Å². The molecule has 3 aromatic carbocycles. The van der Waals surface area contributed by atoms with Crippen molar-refractivity contribution in [1.82, 2.24) is 9.97 Å². The van der Waals surface area contributed by atoms with Crippen LogP contribution in [0.15, 0.2) is 78.9 Å². The van der Waals surface area contributed by atoms with Crippen molar-refractivity contribution in [2.45, 2.75) is 13.2 Å². The van der Waals surface area contributed by atoms with E-state index in [-0.39, 0.29) is 17.3 Å². The zero-order chi connectivity index (χ0) is 22.3. The van der Waals surface area contributed by atoms with Crippen molar-refractivity contribution >= 4 is 11.8 Å². The first-order valence-corrected chi connectivity index (χ1v) is 9.94. The van der Waals surface area contributed by atoms with Crippen LogP contribution in [0.3, 0.4) is 0 Å². The molecular formula is C25H21N5O2. The highest BCUT2D eigenvalue weighted by Crippen LogP contribution is 2.33. The number of ether oxygens (including phenoxy) is 2. The van der Waals surface area contributed by atoms with Crippen LogP contribution in [0.1, 0.15) is 16.7 Å². The lowest BCUT2D eigenvalue weighted by Crippen LogP contribution is -2.05. The van der Waals surface area contributed by atoms with Gasteiger partial charge in [0.15, 0.2) is 0 Å². The van der Waals surface area contributed by atoms with E-state index in [0.717, 1.165) is 11.1 Å². The van der Waals surface area contributed by atoms with Crippen LogP contribution < -0.4 is 20.9 Å². The van der Waals surface area contributed by atoms with Crippen molar-refractivity contribution in [3.05, 3.63) is 95.6 Å². The number of rotatable bonds is 7. The summed E-state index contributed by atoms with van der Waals surface area (Å²) >= 11 is 0. The minimum atomic E-state index is -0.0149. The van der Waals surface area contributed by atoms with Gasteiger partial charge in [-0.3, -0.25) is 0 Å². The van der Waals surface area contributed by atoms with Crippen molar-refractivity contribution in [2.75, 3.05) is 11.5 Å². The zero-order valence-corrected chi connectivity index (χ0v) is 17.2. The normalized spacial score (nSPS) is 10.3. The zero-order valence-electron chi connectivity index (χ0n) is 17.2. The minimum Gasteiger partial charge on any atom is -0.489 e. The van der Waals surface area contributed by atoms with E-state index in [4.69, 9.17) is 20.9 Å². The first-order valence-electron chi connectivity index (χ1n) is 9.94. The van der Waals surface area contributed by atoms with Gasteiger partial charge < -0.3 is 20.9 Å². The lowest BCUT2D eigenvalue weighted by molar-refractivity contribution is 0.290. The quantitative estimate of drug-likeness (QED) is 0.454. The average Bonchev–Trinajstić information content (AvgIpc) is 2.82. The van der Waals surface area contributed by atoms with Gasteiger partial charge in [-0.05, 0) is 23.3 Å². The SMILES string of the molecule is N#Cc1c(N)nc(N)nc1-c1cc(OCc2ccccc2)cc(OCc2ccccc2)c1. The van der Waals surface area contributed by atoms with Gasteiger partial charge in [0, 0.05) is 11.6 Å². The van der Waals surface area contributed by atoms with Crippen LogP contribution in [0.4, 0.5) is 11.8 Å². The van der Waals surface area contributed by atoms with Crippen LogP contribution >= 0.6 is 0 Å². The van der Waals surface area contributed by atoms with Crippen LogP contribution in [0, 0.1) is 11.3 Å². The average molecular weight is 423 g/mol. The van der Waals surface area contributed by atoms with Gasteiger partial charge >= 0.3 is 0 Å². The van der Waals surface area contributed by atoms with E-state index >= 15 is 0 Å². The molecule has 0 aliphatic rings. The number of hydrogen-bond donors (Lipinski definition) is 2. The molecule has 0 aliphatic carbocycles. The smallest absolute Gasteiger partial charge is 0.222 e. The molecule has 0 radical (unpaired) electrons. The third-order valence-electron chi connectivity index (χ3n) is 4.72. The Morgan fingerprint density at radius 3 is 1.78 bits per heavy atom. The Morgan fingerprint density at radius 1 is 0.750 bits per heavy atom. The molecule has 1 aromatic heterocycles. The molecule has 4 aromatic rings.